The fourth-order valence-electron chi connectivity index (χ4n) is 3.89. The molecule has 0 amide bonds. The van der Waals surface area contributed by atoms with E-state index < -0.39 is 34.0 Å². The third kappa shape index (κ3) is 4.83. The molecule has 0 radical (unpaired) electrons. The molecular formula is C25H19F2N5O3S. The second kappa shape index (κ2) is 9.17. The molecule has 1 N–H and O–H groups in total. The molecule has 0 aliphatic carbocycles. The number of hydrogen-bond donors (Lipinski definition) is 1. The highest BCUT2D eigenvalue weighted by atomic mass is 32.2. The van der Waals surface area contributed by atoms with Gasteiger partial charge < -0.3 is 0 Å². The summed E-state index contributed by atoms with van der Waals surface area (Å²) >= 11 is 0. The van der Waals surface area contributed by atoms with E-state index >= 15 is 0 Å². The Morgan fingerprint density at radius 2 is 1.75 bits per heavy atom. The zero-order chi connectivity index (χ0) is 25.4. The summed E-state index contributed by atoms with van der Waals surface area (Å²) in [6, 6.07) is 10.7. The van der Waals surface area contributed by atoms with E-state index in [1.165, 1.54) is 6.07 Å². The SMILES string of the molecule is Cn1cc(-c2cnc3ccc4ccc(CS(=O)(=O)NCc5ncc(F)cc5F)cc4c(=O)c3c2)cn1. The third-order valence-electron chi connectivity index (χ3n) is 5.68. The summed E-state index contributed by atoms with van der Waals surface area (Å²) in [7, 11) is -2.12. The first-order valence-corrected chi connectivity index (χ1v) is 12.5. The maximum absolute atomic E-state index is 13.8. The number of aryl methyl sites for hydroxylation is 1. The van der Waals surface area contributed by atoms with Crippen molar-refractivity contribution in [2.75, 3.05) is 0 Å². The third-order valence-corrected chi connectivity index (χ3v) is 6.98. The van der Waals surface area contributed by atoms with Crippen molar-refractivity contribution in [3.05, 3.63) is 100 Å². The van der Waals surface area contributed by atoms with Crippen LogP contribution in [0.4, 0.5) is 8.78 Å². The number of nitrogens with one attached hydrogen (secondary N) is 1. The van der Waals surface area contributed by atoms with Crippen LogP contribution in [0.3, 0.4) is 0 Å². The monoisotopic (exact) mass is 507 g/mol. The average Bonchev–Trinajstić information content (AvgIpc) is 3.22. The maximum Gasteiger partial charge on any atom is 0.216 e. The topological polar surface area (TPSA) is 107 Å². The molecular weight excluding hydrogens is 488 g/mol. The van der Waals surface area contributed by atoms with Gasteiger partial charge in [-0.15, -0.1) is 0 Å². The normalized spacial score (nSPS) is 11.9. The predicted molar refractivity (Wildman–Crippen MR) is 131 cm³/mol. The standard InChI is InChI=1S/C25H19F2N5O3S/c1-32-13-18(10-30-32)17-7-21-23(28-9-17)5-4-16-3-2-15(6-20(16)25(21)33)14-36(34,35)31-12-24-22(27)8-19(26)11-29-24/h2-11,13,31H,12,14H2,1H3. The van der Waals surface area contributed by atoms with Crippen LogP contribution in [0.15, 0.2) is 72.0 Å². The molecule has 0 unspecified atom stereocenters. The zero-order valence-corrected chi connectivity index (χ0v) is 19.8. The second-order valence-corrected chi connectivity index (χ2v) is 10.1. The number of pyridine rings is 2. The van der Waals surface area contributed by atoms with Crippen molar-refractivity contribution in [1.82, 2.24) is 24.5 Å². The van der Waals surface area contributed by atoms with Gasteiger partial charge in [0.15, 0.2) is 5.43 Å². The molecule has 0 atom stereocenters. The molecule has 0 bridgehead atoms. The number of aromatic nitrogens is 4. The van der Waals surface area contributed by atoms with Crippen molar-refractivity contribution < 1.29 is 17.2 Å². The van der Waals surface area contributed by atoms with Crippen molar-refractivity contribution in [2.24, 2.45) is 7.05 Å². The van der Waals surface area contributed by atoms with Crippen molar-refractivity contribution in [3.63, 3.8) is 0 Å². The van der Waals surface area contributed by atoms with Crippen LogP contribution in [0.5, 0.6) is 0 Å². The van der Waals surface area contributed by atoms with E-state index in [-0.39, 0.29) is 11.1 Å². The Morgan fingerprint density at radius 3 is 2.50 bits per heavy atom. The largest absolute Gasteiger partial charge is 0.289 e. The van der Waals surface area contributed by atoms with Crippen LogP contribution < -0.4 is 10.2 Å². The lowest BCUT2D eigenvalue weighted by Gasteiger charge is -2.08. The summed E-state index contributed by atoms with van der Waals surface area (Å²) in [6.07, 6.45) is 5.98. The predicted octanol–water partition coefficient (Wildman–Crippen LogP) is 3.44. The summed E-state index contributed by atoms with van der Waals surface area (Å²) in [5, 5.41) is 5.52. The van der Waals surface area contributed by atoms with Gasteiger partial charge in [0.25, 0.3) is 0 Å². The van der Waals surface area contributed by atoms with Gasteiger partial charge in [0, 0.05) is 47.4 Å². The van der Waals surface area contributed by atoms with Gasteiger partial charge in [0.1, 0.15) is 11.6 Å². The van der Waals surface area contributed by atoms with Crippen LogP contribution in [0.2, 0.25) is 0 Å². The van der Waals surface area contributed by atoms with Gasteiger partial charge in [0.2, 0.25) is 10.0 Å². The van der Waals surface area contributed by atoms with Crippen LogP contribution in [-0.4, -0.2) is 28.2 Å². The molecule has 8 nitrogen and oxygen atoms in total. The van der Waals surface area contributed by atoms with Crippen molar-refractivity contribution in [2.45, 2.75) is 12.3 Å². The van der Waals surface area contributed by atoms with Crippen LogP contribution in [0, 0.1) is 11.6 Å². The van der Waals surface area contributed by atoms with Crippen LogP contribution in [-0.2, 0) is 29.4 Å². The molecule has 0 aliphatic rings. The first-order chi connectivity index (χ1) is 17.2. The molecule has 5 rings (SSSR count). The highest BCUT2D eigenvalue weighted by Crippen LogP contribution is 2.22. The smallest absolute Gasteiger partial charge is 0.216 e. The van der Waals surface area contributed by atoms with Gasteiger partial charge in [-0.1, -0.05) is 18.2 Å². The maximum atomic E-state index is 13.8. The van der Waals surface area contributed by atoms with Crippen molar-refractivity contribution >= 4 is 31.7 Å². The Balaban J connectivity index is 1.48. The molecule has 3 aromatic heterocycles. The number of nitrogens with zero attached hydrogens (tertiary/aromatic N) is 4. The van der Waals surface area contributed by atoms with E-state index in [1.807, 2.05) is 6.20 Å². The minimum atomic E-state index is -3.92. The molecule has 182 valence electrons. The number of rotatable bonds is 6. The Kier molecular flexibility index (Phi) is 6.02. The van der Waals surface area contributed by atoms with Crippen LogP contribution in [0.1, 0.15) is 11.3 Å². The Labute approximate surface area is 204 Å². The van der Waals surface area contributed by atoms with Gasteiger partial charge in [-0.3, -0.25) is 19.4 Å². The van der Waals surface area contributed by atoms with E-state index in [1.54, 1.807) is 54.5 Å². The molecule has 2 aromatic carbocycles. The average molecular weight is 508 g/mol. The molecule has 5 aromatic rings. The van der Waals surface area contributed by atoms with Gasteiger partial charge >= 0.3 is 0 Å². The number of hydrogen-bond acceptors (Lipinski definition) is 6. The molecule has 0 saturated carbocycles. The summed E-state index contributed by atoms with van der Waals surface area (Å²) < 4.78 is 56.0. The molecule has 0 fully saturated rings. The van der Waals surface area contributed by atoms with E-state index in [9.17, 15) is 22.0 Å². The molecule has 0 saturated heterocycles. The summed E-state index contributed by atoms with van der Waals surface area (Å²) in [4.78, 5) is 21.5. The summed E-state index contributed by atoms with van der Waals surface area (Å²) in [5.41, 5.74) is 1.91. The fraction of sp³-hybridized carbons (Fsp3) is 0.120. The van der Waals surface area contributed by atoms with E-state index in [0.717, 1.165) is 17.3 Å². The minimum Gasteiger partial charge on any atom is -0.289 e. The number of sulfonamides is 1. The lowest BCUT2D eigenvalue weighted by molar-refractivity contribution is 0.549. The fourth-order valence-corrected chi connectivity index (χ4v) is 4.97. The first-order valence-electron chi connectivity index (χ1n) is 10.8. The molecule has 0 spiro atoms. The van der Waals surface area contributed by atoms with Crippen molar-refractivity contribution in [1.29, 1.82) is 0 Å². The first kappa shape index (κ1) is 23.6. The highest BCUT2D eigenvalue weighted by molar-refractivity contribution is 7.88. The van der Waals surface area contributed by atoms with E-state index in [2.05, 4.69) is 19.8 Å². The molecule has 3 heterocycles. The second-order valence-electron chi connectivity index (χ2n) is 8.31. The van der Waals surface area contributed by atoms with Crippen LogP contribution in [0.25, 0.3) is 32.8 Å². The Bertz CT molecular complexity index is 1810. The van der Waals surface area contributed by atoms with E-state index in [4.69, 9.17) is 0 Å². The highest BCUT2D eigenvalue weighted by Gasteiger charge is 2.15. The Morgan fingerprint density at radius 1 is 0.944 bits per heavy atom. The minimum absolute atomic E-state index is 0.226. The van der Waals surface area contributed by atoms with Crippen molar-refractivity contribution in [3.8, 4) is 11.1 Å². The molecule has 36 heavy (non-hydrogen) atoms. The Hall–Kier alpha value is -4.09. The molecule has 11 heteroatoms. The van der Waals surface area contributed by atoms with Gasteiger partial charge in [0.05, 0.1) is 35.9 Å². The lowest BCUT2D eigenvalue weighted by atomic mass is 10.1. The lowest BCUT2D eigenvalue weighted by Crippen LogP contribution is -2.25. The zero-order valence-electron chi connectivity index (χ0n) is 18.9. The van der Waals surface area contributed by atoms with Gasteiger partial charge in [-0.25, -0.2) is 21.9 Å². The van der Waals surface area contributed by atoms with E-state index in [0.29, 0.717) is 33.3 Å². The number of benzene rings is 1. The van der Waals surface area contributed by atoms with Gasteiger partial charge in [-0.05, 0) is 29.1 Å². The number of fused-ring (bicyclic) bond motifs is 2. The summed E-state index contributed by atoms with van der Waals surface area (Å²) in [5.74, 6) is -2.24. The van der Waals surface area contributed by atoms with Gasteiger partial charge in [-0.2, -0.15) is 5.10 Å². The summed E-state index contributed by atoms with van der Waals surface area (Å²) in [6.45, 7) is -0.433. The number of halogens is 2. The van der Waals surface area contributed by atoms with Crippen LogP contribution >= 0.6 is 0 Å². The quantitative estimate of drug-likeness (QED) is 0.377. The molecule has 0 aliphatic heterocycles.